The number of hydrogen-bond acceptors (Lipinski definition) is 2. The first-order valence-corrected chi connectivity index (χ1v) is 5.95. The van der Waals surface area contributed by atoms with Gasteiger partial charge in [-0.2, -0.15) is 0 Å². The molecule has 96 valence electrons. The van der Waals surface area contributed by atoms with Crippen molar-refractivity contribution in [3.63, 3.8) is 0 Å². The van der Waals surface area contributed by atoms with Crippen LogP contribution in [-0.4, -0.2) is 17.9 Å². The lowest BCUT2D eigenvalue weighted by molar-refractivity contribution is -0.127. The van der Waals surface area contributed by atoms with Crippen molar-refractivity contribution in [3.8, 4) is 0 Å². The fourth-order valence-corrected chi connectivity index (χ4v) is 1.45. The molecule has 0 spiro atoms. The number of hydrogen-bond donors (Lipinski definition) is 2. The molecule has 0 bridgehead atoms. The largest absolute Gasteiger partial charge is 0.368 e. The SMILES string of the molecule is C/C=C\C(=C/CC)CC(NC(=O)CC)C(N)=O. The standard InChI is InChI=1S/C13H22N2O2/c1-4-7-10(8-5-2)9-11(13(14)17)15-12(16)6-3/h4,7-8,11H,5-6,9H2,1-3H3,(H2,14,17)(H,15,16)/b7-4-,10-8+. The van der Waals surface area contributed by atoms with E-state index in [1.54, 1.807) is 6.92 Å². The average molecular weight is 238 g/mol. The van der Waals surface area contributed by atoms with Crippen molar-refractivity contribution in [1.82, 2.24) is 5.32 Å². The van der Waals surface area contributed by atoms with Crippen molar-refractivity contribution in [2.24, 2.45) is 5.73 Å². The number of carbonyl (C=O) groups excluding carboxylic acids is 2. The number of primary amides is 1. The highest BCUT2D eigenvalue weighted by molar-refractivity contribution is 5.86. The van der Waals surface area contributed by atoms with Crippen LogP contribution in [-0.2, 0) is 9.59 Å². The first-order valence-electron chi connectivity index (χ1n) is 5.95. The predicted molar refractivity (Wildman–Crippen MR) is 69.2 cm³/mol. The lowest BCUT2D eigenvalue weighted by Gasteiger charge is -2.15. The van der Waals surface area contributed by atoms with Crippen LogP contribution in [0, 0.1) is 0 Å². The Morgan fingerprint density at radius 3 is 2.41 bits per heavy atom. The molecule has 1 atom stereocenters. The molecule has 0 aromatic carbocycles. The van der Waals surface area contributed by atoms with Crippen molar-refractivity contribution in [2.75, 3.05) is 0 Å². The summed E-state index contributed by atoms with van der Waals surface area (Å²) in [6.45, 7) is 5.67. The maximum atomic E-state index is 11.3. The Hall–Kier alpha value is -1.58. The second-order valence-electron chi connectivity index (χ2n) is 3.77. The Bertz CT molecular complexity index is 319. The first-order chi connectivity index (χ1) is 8.04. The van der Waals surface area contributed by atoms with Crippen LogP contribution in [0.15, 0.2) is 23.8 Å². The molecule has 0 rings (SSSR count). The fourth-order valence-electron chi connectivity index (χ4n) is 1.45. The van der Waals surface area contributed by atoms with Gasteiger partial charge in [0.2, 0.25) is 11.8 Å². The van der Waals surface area contributed by atoms with Crippen molar-refractivity contribution >= 4 is 11.8 Å². The van der Waals surface area contributed by atoms with Crippen LogP contribution < -0.4 is 11.1 Å². The molecule has 0 fully saturated rings. The first kappa shape index (κ1) is 15.4. The molecule has 0 saturated heterocycles. The third-order valence-corrected chi connectivity index (χ3v) is 2.29. The Balaban J connectivity index is 4.67. The maximum absolute atomic E-state index is 11.3. The zero-order chi connectivity index (χ0) is 13.3. The lowest BCUT2D eigenvalue weighted by atomic mass is 10.0. The van der Waals surface area contributed by atoms with Gasteiger partial charge in [0.25, 0.3) is 0 Å². The molecule has 0 radical (unpaired) electrons. The number of nitrogens with one attached hydrogen (secondary N) is 1. The highest BCUT2D eigenvalue weighted by Crippen LogP contribution is 2.09. The second-order valence-corrected chi connectivity index (χ2v) is 3.77. The van der Waals surface area contributed by atoms with E-state index in [-0.39, 0.29) is 5.91 Å². The van der Waals surface area contributed by atoms with E-state index in [0.29, 0.717) is 12.8 Å². The summed E-state index contributed by atoms with van der Waals surface area (Å²) in [6, 6.07) is -0.628. The highest BCUT2D eigenvalue weighted by Gasteiger charge is 2.17. The summed E-state index contributed by atoms with van der Waals surface area (Å²) in [5.74, 6) is -0.663. The van der Waals surface area contributed by atoms with Gasteiger partial charge in [-0.15, -0.1) is 0 Å². The van der Waals surface area contributed by atoms with Crippen molar-refractivity contribution in [2.45, 2.75) is 46.1 Å². The molecule has 0 heterocycles. The van der Waals surface area contributed by atoms with Gasteiger partial charge in [-0.05, 0) is 18.9 Å². The lowest BCUT2D eigenvalue weighted by Crippen LogP contribution is -2.44. The average Bonchev–Trinajstić information content (AvgIpc) is 2.28. The van der Waals surface area contributed by atoms with E-state index >= 15 is 0 Å². The zero-order valence-corrected chi connectivity index (χ0v) is 10.8. The van der Waals surface area contributed by atoms with Gasteiger partial charge in [-0.3, -0.25) is 9.59 Å². The minimum Gasteiger partial charge on any atom is -0.368 e. The maximum Gasteiger partial charge on any atom is 0.240 e. The van der Waals surface area contributed by atoms with Gasteiger partial charge in [0.05, 0.1) is 0 Å². The molecular weight excluding hydrogens is 216 g/mol. The summed E-state index contributed by atoms with van der Waals surface area (Å²) in [5.41, 5.74) is 6.28. The van der Waals surface area contributed by atoms with Crippen LogP contribution in [0.1, 0.15) is 40.0 Å². The van der Waals surface area contributed by atoms with Gasteiger partial charge in [0, 0.05) is 12.8 Å². The molecule has 3 N–H and O–H groups in total. The summed E-state index contributed by atoms with van der Waals surface area (Å²) >= 11 is 0. The second kappa shape index (κ2) is 8.56. The molecule has 0 aliphatic heterocycles. The fraction of sp³-hybridized carbons (Fsp3) is 0.538. The van der Waals surface area contributed by atoms with E-state index in [0.717, 1.165) is 12.0 Å². The van der Waals surface area contributed by atoms with E-state index < -0.39 is 11.9 Å². The van der Waals surface area contributed by atoms with Crippen molar-refractivity contribution < 1.29 is 9.59 Å². The number of nitrogens with two attached hydrogens (primary N) is 1. The molecule has 4 heteroatoms. The van der Waals surface area contributed by atoms with Crippen LogP contribution in [0.25, 0.3) is 0 Å². The molecule has 0 aliphatic rings. The quantitative estimate of drug-likeness (QED) is 0.662. The normalized spacial score (nSPS) is 13.7. The minimum absolute atomic E-state index is 0.162. The van der Waals surface area contributed by atoms with E-state index in [1.165, 1.54) is 0 Å². The molecule has 0 saturated carbocycles. The van der Waals surface area contributed by atoms with Crippen LogP contribution in [0.3, 0.4) is 0 Å². The molecule has 4 nitrogen and oxygen atoms in total. The summed E-state index contributed by atoms with van der Waals surface area (Å²) in [7, 11) is 0. The molecule has 0 aromatic heterocycles. The van der Waals surface area contributed by atoms with Gasteiger partial charge in [0.1, 0.15) is 6.04 Å². The van der Waals surface area contributed by atoms with Gasteiger partial charge < -0.3 is 11.1 Å². The highest BCUT2D eigenvalue weighted by atomic mass is 16.2. The van der Waals surface area contributed by atoms with Crippen LogP contribution in [0.4, 0.5) is 0 Å². The Kier molecular flexibility index (Phi) is 7.76. The van der Waals surface area contributed by atoms with Crippen molar-refractivity contribution in [3.05, 3.63) is 23.8 Å². The Labute approximate surface area is 103 Å². The van der Waals surface area contributed by atoms with Crippen molar-refractivity contribution in [1.29, 1.82) is 0 Å². The molecule has 17 heavy (non-hydrogen) atoms. The van der Waals surface area contributed by atoms with E-state index in [4.69, 9.17) is 5.73 Å². The van der Waals surface area contributed by atoms with Gasteiger partial charge in [0.15, 0.2) is 0 Å². The molecule has 0 aromatic rings. The zero-order valence-electron chi connectivity index (χ0n) is 10.8. The number of rotatable bonds is 7. The summed E-state index contributed by atoms with van der Waals surface area (Å²) in [4.78, 5) is 22.5. The summed E-state index contributed by atoms with van der Waals surface area (Å²) < 4.78 is 0. The molecule has 0 aliphatic carbocycles. The Morgan fingerprint density at radius 2 is 2.00 bits per heavy atom. The monoisotopic (exact) mass is 238 g/mol. The predicted octanol–water partition coefficient (Wildman–Crippen LogP) is 1.67. The summed E-state index contributed by atoms with van der Waals surface area (Å²) in [6.07, 6.45) is 7.53. The van der Waals surface area contributed by atoms with E-state index in [2.05, 4.69) is 5.32 Å². The van der Waals surface area contributed by atoms with Gasteiger partial charge >= 0.3 is 0 Å². The van der Waals surface area contributed by atoms with E-state index in [1.807, 2.05) is 32.1 Å². The van der Waals surface area contributed by atoms with Crippen LogP contribution in [0.5, 0.6) is 0 Å². The van der Waals surface area contributed by atoms with E-state index in [9.17, 15) is 9.59 Å². The van der Waals surface area contributed by atoms with Crippen LogP contribution in [0.2, 0.25) is 0 Å². The number of carbonyl (C=O) groups is 2. The third-order valence-electron chi connectivity index (χ3n) is 2.29. The Morgan fingerprint density at radius 1 is 1.35 bits per heavy atom. The molecule has 1 unspecified atom stereocenters. The van der Waals surface area contributed by atoms with Gasteiger partial charge in [-0.1, -0.05) is 32.1 Å². The topological polar surface area (TPSA) is 72.2 Å². The summed E-state index contributed by atoms with van der Waals surface area (Å²) in [5, 5.41) is 2.63. The number of amides is 2. The molecule has 2 amide bonds. The minimum atomic E-state index is -0.628. The number of allylic oxidation sites excluding steroid dienone is 3. The molecular formula is C13H22N2O2. The smallest absolute Gasteiger partial charge is 0.240 e. The van der Waals surface area contributed by atoms with Gasteiger partial charge in [-0.25, -0.2) is 0 Å². The van der Waals surface area contributed by atoms with Crippen LogP contribution >= 0.6 is 0 Å². The third kappa shape index (κ3) is 6.56.